The number of amides is 1. The van der Waals surface area contributed by atoms with Crippen molar-refractivity contribution in [1.82, 2.24) is 10.2 Å². The van der Waals surface area contributed by atoms with Crippen molar-refractivity contribution in [1.29, 1.82) is 0 Å². The first-order valence-corrected chi connectivity index (χ1v) is 14.1. The number of hydrogen-bond acceptors (Lipinski definition) is 9. The van der Waals surface area contributed by atoms with E-state index in [0.717, 1.165) is 23.2 Å². The van der Waals surface area contributed by atoms with Gasteiger partial charge in [-0.05, 0) is 49.7 Å². The van der Waals surface area contributed by atoms with Crippen LogP contribution in [0.3, 0.4) is 0 Å². The fraction of sp³-hybridized carbons (Fsp3) is 0.452. The maximum absolute atomic E-state index is 13.2. The van der Waals surface area contributed by atoms with Crippen LogP contribution in [0.4, 0.5) is 4.79 Å². The van der Waals surface area contributed by atoms with Gasteiger partial charge in [0, 0.05) is 18.0 Å². The van der Waals surface area contributed by atoms with Crippen molar-refractivity contribution in [2.24, 2.45) is 0 Å². The Morgan fingerprint density at radius 1 is 1.17 bits per heavy atom. The predicted molar refractivity (Wildman–Crippen MR) is 148 cm³/mol. The number of carbonyl (C=O) groups is 3. The molecular formula is C31H34N2O9. The molecule has 11 heteroatoms. The zero-order valence-electron chi connectivity index (χ0n) is 23.5. The highest BCUT2D eigenvalue weighted by Crippen LogP contribution is 2.65. The number of nitrogens with zero attached hydrogens (tertiary/aromatic N) is 1. The standard InChI is InChI=1S/C31H34N2O9/c1-33-13-12-30-26-19-8-9-21(39-2)27(26)42-28(30)22(10-11-31(30,38)23(33)14-19)41-25(36)16-20(15-24(34)35)32-29(37)40-17-18-6-4-3-5-7-18/h3-10,20,23,28,38H,11-17H2,1-2H3,(H,32,37)(H,34,35)/t20?,23-,28+,30+,31-/m1/s1. The molecule has 2 aromatic carbocycles. The van der Waals surface area contributed by atoms with Gasteiger partial charge in [0.25, 0.3) is 0 Å². The summed E-state index contributed by atoms with van der Waals surface area (Å²) in [5.74, 6) is -0.560. The van der Waals surface area contributed by atoms with E-state index in [1.54, 1.807) is 25.3 Å². The molecule has 222 valence electrons. The van der Waals surface area contributed by atoms with E-state index in [-0.39, 0.29) is 24.8 Å². The Morgan fingerprint density at radius 2 is 1.95 bits per heavy atom. The zero-order chi connectivity index (χ0) is 29.6. The van der Waals surface area contributed by atoms with Gasteiger partial charge in [-0.2, -0.15) is 0 Å². The number of nitrogens with one attached hydrogen (secondary N) is 1. The van der Waals surface area contributed by atoms with Crippen molar-refractivity contribution in [3.63, 3.8) is 0 Å². The largest absolute Gasteiger partial charge is 0.493 e. The molecule has 1 spiro atoms. The number of hydrogen-bond donors (Lipinski definition) is 3. The number of methoxy groups -OCH3 is 1. The summed E-state index contributed by atoms with van der Waals surface area (Å²) < 4.78 is 23.2. The molecule has 0 saturated carbocycles. The van der Waals surface area contributed by atoms with Gasteiger partial charge in [0.15, 0.2) is 17.6 Å². The van der Waals surface area contributed by atoms with Crippen LogP contribution in [0.5, 0.6) is 11.5 Å². The number of carboxylic acid groups (broad SMARTS) is 1. The average molecular weight is 579 g/mol. The number of aliphatic hydroxyl groups is 1. The molecule has 6 rings (SSSR count). The Hall–Kier alpha value is -4.09. The van der Waals surface area contributed by atoms with Gasteiger partial charge >= 0.3 is 18.0 Å². The number of carbonyl (C=O) groups excluding carboxylic acids is 2. The van der Waals surface area contributed by atoms with Crippen molar-refractivity contribution in [3.05, 3.63) is 71.0 Å². The number of carboxylic acids is 1. The van der Waals surface area contributed by atoms with Crippen molar-refractivity contribution >= 4 is 18.0 Å². The van der Waals surface area contributed by atoms with E-state index in [4.69, 9.17) is 18.9 Å². The zero-order valence-corrected chi connectivity index (χ0v) is 23.5. The highest BCUT2D eigenvalue weighted by atomic mass is 16.6. The van der Waals surface area contributed by atoms with Gasteiger partial charge < -0.3 is 39.4 Å². The summed E-state index contributed by atoms with van der Waals surface area (Å²) in [6.07, 6.45) is 0.672. The third-order valence-corrected chi connectivity index (χ3v) is 9.16. The number of likely N-dealkylation sites (tertiary alicyclic amines) is 1. The van der Waals surface area contributed by atoms with E-state index >= 15 is 0 Å². The Bertz CT molecular complexity index is 1440. The van der Waals surface area contributed by atoms with E-state index in [9.17, 15) is 24.6 Å². The Morgan fingerprint density at radius 3 is 2.69 bits per heavy atom. The molecule has 1 saturated heterocycles. The summed E-state index contributed by atoms with van der Waals surface area (Å²) in [6, 6.07) is 11.7. The number of benzene rings is 2. The number of alkyl carbamates (subject to hydrolysis) is 1. The second-order valence-corrected chi connectivity index (χ2v) is 11.5. The highest BCUT2D eigenvalue weighted by Gasteiger charge is 2.72. The quantitative estimate of drug-likeness (QED) is 0.380. The molecule has 1 unspecified atom stereocenters. The monoisotopic (exact) mass is 578 g/mol. The molecule has 1 amide bonds. The number of esters is 1. The molecule has 0 aromatic heterocycles. The van der Waals surface area contributed by atoms with Crippen LogP contribution < -0.4 is 14.8 Å². The van der Waals surface area contributed by atoms with Gasteiger partial charge in [-0.15, -0.1) is 0 Å². The summed E-state index contributed by atoms with van der Waals surface area (Å²) in [4.78, 5) is 39.3. The Balaban J connectivity index is 1.21. The van der Waals surface area contributed by atoms with Gasteiger partial charge in [0.1, 0.15) is 12.4 Å². The second-order valence-electron chi connectivity index (χ2n) is 11.5. The maximum Gasteiger partial charge on any atom is 0.407 e. The maximum atomic E-state index is 13.2. The highest BCUT2D eigenvalue weighted by molar-refractivity contribution is 5.77. The van der Waals surface area contributed by atoms with Crippen molar-refractivity contribution in [2.45, 2.75) is 67.9 Å². The minimum absolute atomic E-state index is 0.00397. The Labute approximate surface area is 243 Å². The summed E-state index contributed by atoms with van der Waals surface area (Å²) in [5.41, 5.74) is 0.753. The molecule has 2 aliphatic carbocycles. The summed E-state index contributed by atoms with van der Waals surface area (Å²) >= 11 is 0. The van der Waals surface area contributed by atoms with Crippen LogP contribution in [0, 0.1) is 0 Å². The molecule has 4 aliphatic rings. The third kappa shape index (κ3) is 4.47. The average Bonchev–Trinajstić information content (AvgIpc) is 3.31. The molecule has 2 heterocycles. The fourth-order valence-electron chi connectivity index (χ4n) is 7.28. The van der Waals surface area contributed by atoms with Crippen LogP contribution in [0.1, 0.15) is 42.4 Å². The van der Waals surface area contributed by atoms with E-state index in [1.807, 2.05) is 37.4 Å². The number of likely N-dealkylation sites (N-methyl/N-ethyl adjacent to an activating group) is 1. The normalized spacial score (nSPS) is 27.5. The van der Waals surface area contributed by atoms with Crippen LogP contribution in [0.25, 0.3) is 0 Å². The topological polar surface area (TPSA) is 144 Å². The minimum atomic E-state index is -1.19. The molecule has 5 atom stereocenters. The van der Waals surface area contributed by atoms with Crippen molar-refractivity contribution in [2.75, 3.05) is 20.7 Å². The first kappa shape index (κ1) is 28.0. The van der Waals surface area contributed by atoms with Gasteiger partial charge in [-0.1, -0.05) is 36.4 Å². The van der Waals surface area contributed by atoms with Crippen LogP contribution in [0.15, 0.2) is 54.3 Å². The number of aliphatic carboxylic acids is 1. The number of rotatable bonds is 9. The summed E-state index contributed by atoms with van der Waals surface area (Å²) in [7, 11) is 3.57. The van der Waals surface area contributed by atoms with Gasteiger partial charge in [0.05, 0.1) is 37.0 Å². The minimum Gasteiger partial charge on any atom is -0.493 e. The van der Waals surface area contributed by atoms with Crippen LogP contribution in [-0.2, 0) is 37.5 Å². The first-order valence-electron chi connectivity index (χ1n) is 14.1. The molecule has 11 nitrogen and oxygen atoms in total. The molecule has 3 N–H and O–H groups in total. The molecule has 42 heavy (non-hydrogen) atoms. The lowest BCUT2D eigenvalue weighted by molar-refractivity contribution is -0.169. The lowest BCUT2D eigenvalue weighted by Crippen LogP contribution is -2.74. The molecule has 1 fully saturated rings. The smallest absolute Gasteiger partial charge is 0.407 e. The van der Waals surface area contributed by atoms with Crippen LogP contribution in [-0.4, -0.2) is 77.6 Å². The predicted octanol–water partition coefficient (Wildman–Crippen LogP) is 2.68. The molecule has 0 radical (unpaired) electrons. The SMILES string of the molecule is COc1ccc2c3c1O[C@H]1C(OC(=O)CC(CC(=O)O)NC(=O)OCc4ccccc4)=CC[C@@]4(O)[C@@H](C2)N(C)CC[C@]314. The lowest BCUT2D eigenvalue weighted by atomic mass is 9.50. The Kier molecular flexibility index (Phi) is 7.10. The summed E-state index contributed by atoms with van der Waals surface area (Å²) in [6.45, 7) is 0.718. The molecule has 2 aromatic rings. The second kappa shape index (κ2) is 10.6. The molecule has 2 bridgehead atoms. The number of ether oxygens (including phenoxy) is 4. The van der Waals surface area contributed by atoms with Crippen molar-refractivity contribution in [3.8, 4) is 11.5 Å². The van der Waals surface area contributed by atoms with Gasteiger partial charge in [-0.25, -0.2) is 4.79 Å². The van der Waals surface area contributed by atoms with Gasteiger partial charge in [-0.3, -0.25) is 9.59 Å². The van der Waals surface area contributed by atoms with Crippen LogP contribution in [0.2, 0.25) is 0 Å². The third-order valence-electron chi connectivity index (χ3n) is 9.16. The fourth-order valence-corrected chi connectivity index (χ4v) is 7.28. The van der Waals surface area contributed by atoms with Crippen molar-refractivity contribution < 1.29 is 43.5 Å². The number of piperidine rings is 1. The van der Waals surface area contributed by atoms with Crippen LogP contribution >= 0.6 is 0 Å². The van der Waals surface area contributed by atoms with Gasteiger partial charge in [0.2, 0.25) is 0 Å². The molecular weight excluding hydrogens is 544 g/mol. The van der Waals surface area contributed by atoms with E-state index in [0.29, 0.717) is 24.3 Å². The molecule has 2 aliphatic heterocycles. The van der Waals surface area contributed by atoms with E-state index in [1.165, 1.54) is 0 Å². The lowest BCUT2D eigenvalue weighted by Gasteiger charge is -2.61. The first-order chi connectivity index (χ1) is 20.2. The van der Waals surface area contributed by atoms with E-state index in [2.05, 4.69) is 10.2 Å². The summed E-state index contributed by atoms with van der Waals surface area (Å²) in [5, 5.41) is 24.2. The van der Waals surface area contributed by atoms with E-state index < -0.39 is 54.0 Å².